The maximum absolute atomic E-state index is 4.53. The number of hydrogen-bond acceptors (Lipinski definition) is 3. The molecule has 2 aromatic rings. The highest BCUT2D eigenvalue weighted by molar-refractivity contribution is 5.21. The molecule has 0 bridgehead atoms. The smallest absolute Gasteiger partial charge is 0.0694 e. The van der Waals surface area contributed by atoms with Crippen molar-refractivity contribution in [1.82, 2.24) is 20.1 Å². The van der Waals surface area contributed by atoms with Crippen LogP contribution in [-0.2, 0) is 13.6 Å². The van der Waals surface area contributed by atoms with Gasteiger partial charge in [0.2, 0.25) is 0 Å². The zero-order valence-corrected chi connectivity index (χ0v) is 12.1. The first-order chi connectivity index (χ1) is 9.08. The highest BCUT2D eigenvalue weighted by Crippen LogP contribution is 2.18. The summed E-state index contributed by atoms with van der Waals surface area (Å²) in [7, 11) is 1.97. The van der Waals surface area contributed by atoms with Crippen molar-refractivity contribution >= 4 is 0 Å². The van der Waals surface area contributed by atoms with Crippen molar-refractivity contribution in [3.8, 4) is 0 Å². The molecule has 0 radical (unpaired) electrons. The largest absolute Gasteiger partial charge is 0.306 e. The standard InChI is InChI=1S/C15H22N4/c1-11(2)15-14(10-19(4)18-15)9-17-12(3)13-6-5-7-16-8-13/h5-8,10-12,17H,9H2,1-4H3/t12-/m0/s1. The van der Waals surface area contributed by atoms with Crippen molar-refractivity contribution in [3.63, 3.8) is 0 Å². The van der Waals surface area contributed by atoms with Crippen LogP contribution in [0.5, 0.6) is 0 Å². The fraction of sp³-hybridized carbons (Fsp3) is 0.467. The third kappa shape index (κ3) is 3.41. The van der Waals surface area contributed by atoms with Gasteiger partial charge in [-0.2, -0.15) is 5.10 Å². The van der Waals surface area contributed by atoms with Gasteiger partial charge in [0.25, 0.3) is 0 Å². The van der Waals surface area contributed by atoms with E-state index in [1.807, 2.05) is 24.0 Å². The summed E-state index contributed by atoms with van der Waals surface area (Å²) in [6.45, 7) is 7.34. The lowest BCUT2D eigenvalue weighted by molar-refractivity contribution is 0.569. The van der Waals surface area contributed by atoms with E-state index in [1.165, 1.54) is 16.8 Å². The molecule has 0 amide bonds. The van der Waals surface area contributed by atoms with Gasteiger partial charge >= 0.3 is 0 Å². The molecular formula is C15H22N4. The van der Waals surface area contributed by atoms with Crippen LogP contribution in [0.3, 0.4) is 0 Å². The van der Waals surface area contributed by atoms with Gasteiger partial charge in [0.05, 0.1) is 5.69 Å². The van der Waals surface area contributed by atoms with E-state index in [-0.39, 0.29) is 6.04 Å². The maximum atomic E-state index is 4.53. The van der Waals surface area contributed by atoms with Crippen LogP contribution in [-0.4, -0.2) is 14.8 Å². The molecule has 2 aromatic heterocycles. The number of aryl methyl sites for hydroxylation is 1. The molecular weight excluding hydrogens is 236 g/mol. The van der Waals surface area contributed by atoms with Crippen LogP contribution >= 0.6 is 0 Å². The Hall–Kier alpha value is -1.68. The van der Waals surface area contributed by atoms with Gasteiger partial charge < -0.3 is 5.32 Å². The average molecular weight is 258 g/mol. The summed E-state index contributed by atoms with van der Waals surface area (Å²) >= 11 is 0. The molecule has 0 saturated heterocycles. The first-order valence-electron chi connectivity index (χ1n) is 6.73. The molecule has 0 spiro atoms. The Kier molecular flexibility index (Phi) is 4.32. The SMILES string of the molecule is CC(C)c1nn(C)cc1CN[C@@H](C)c1cccnc1. The summed E-state index contributed by atoms with van der Waals surface area (Å²) in [4.78, 5) is 4.15. The summed E-state index contributed by atoms with van der Waals surface area (Å²) in [6, 6.07) is 4.35. The minimum atomic E-state index is 0.286. The van der Waals surface area contributed by atoms with Gasteiger partial charge in [-0.05, 0) is 24.5 Å². The molecule has 4 nitrogen and oxygen atoms in total. The van der Waals surface area contributed by atoms with E-state index in [2.05, 4.69) is 48.4 Å². The van der Waals surface area contributed by atoms with Crippen LogP contribution < -0.4 is 5.32 Å². The van der Waals surface area contributed by atoms with E-state index in [0.717, 1.165) is 6.54 Å². The summed E-state index contributed by atoms with van der Waals surface area (Å²) in [5.74, 6) is 0.451. The van der Waals surface area contributed by atoms with Crippen LogP contribution in [0, 0.1) is 0 Å². The van der Waals surface area contributed by atoms with E-state index in [0.29, 0.717) is 5.92 Å². The van der Waals surface area contributed by atoms with Crippen molar-refractivity contribution in [2.75, 3.05) is 0 Å². The zero-order chi connectivity index (χ0) is 13.8. The van der Waals surface area contributed by atoms with Crippen LogP contribution in [0.25, 0.3) is 0 Å². The second-order valence-corrected chi connectivity index (χ2v) is 5.26. The average Bonchev–Trinajstić information content (AvgIpc) is 2.78. The molecule has 0 saturated carbocycles. The molecule has 0 unspecified atom stereocenters. The van der Waals surface area contributed by atoms with Gasteiger partial charge in [0, 0.05) is 43.8 Å². The molecule has 2 heterocycles. The molecule has 2 rings (SSSR count). The monoisotopic (exact) mass is 258 g/mol. The van der Waals surface area contributed by atoms with E-state index >= 15 is 0 Å². The Morgan fingerprint density at radius 1 is 1.32 bits per heavy atom. The number of nitrogens with one attached hydrogen (secondary N) is 1. The third-order valence-corrected chi connectivity index (χ3v) is 3.27. The molecule has 0 aliphatic carbocycles. The van der Waals surface area contributed by atoms with Crippen molar-refractivity contribution in [2.24, 2.45) is 7.05 Å². The topological polar surface area (TPSA) is 42.7 Å². The molecule has 0 fully saturated rings. The molecule has 102 valence electrons. The van der Waals surface area contributed by atoms with E-state index in [4.69, 9.17) is 0 Å². The van der Waals surface area contributed by atoms with Crippen molar-refractivity contribution in [1.29, 1.82) is 0 Å². The normalized spacial score (nSPS) is 12.9. The third-order valence-electron chi connectivity index (χ3n) is 3.27. The number of nitrogens with zero attached hydrogens (tertiary/aromatic N) is 3. The highest BCUT2D eigenvalue weighted by atomic mass is 15.3. The summed E-state index contributed by atoms with van der Waals surface area (Å²) in [6.07, 6.45) is 5.80. The maximum Gasteiger partial charge on any atom is 0.0694 e. The first-order valence-corrected chi connectivity index (χ1v) is 6.73. The highest BCUT2D eigenvalue weighted by Gasteiger charge is 2.12. The predicted molar refractivity (Wildman–Crippen MR) is 76.8 cm³/mol. The lowest BCUT2D eigenvalue weighted by atomic mass is 10.1. The number of rotatable bonds is 5. The van der Waals surface area contributed by atoms with E-state index < -0.39 is 0 Å². The van der Waals surface area contributed by atoms with Crippen molar-refractivity contribution < 1.29 is 0 Å². The summed E-state index contributed by atoms with van der Waals surface area (Å²) in [5, 5.41) is 8.06. The van der Waals surface area contributed by atoms with Gasteiger partial charge in [-0.25, -0.2) is 0 Å². The zero-order valence-electron chi connectivity index (χ0n) is 12.1. The van der Waals surface area contributed by atoms with E-state index in [1.54, 1.807) is 6.20 Å². The van der Waals surface area contributed by atoms with Gasteiger partial charge in [-0.1, -0.05) is 19.9 Å². The number of aromatic nitrogens is 3. The molecule has 4 heteroatoms. The quantitative estimate of drug-likeness (QED) is 0.896. The van der Waals surface area contributed by atoms with Crippen molar-refractivity contribution in [3.05, 3.63) is 47.5 Å². The summed E-state index contributed by atoms with van der Waals surface area (Å²) < 4.78 is 1.89. The molecule has 1 atom stereocenters. The Bertz CT molecular complexity index is 516. The van der Waals surface area contributed by atoms with Crippen LogP contribution in [0.15, 0.2) is 30.7 Å². The Balaban J connectivity index is 2.03. The fourth-order valence-corrected chi connectivity index (χ4v) is 2.19. The lowest BCUT2D eigenvalue weighted by Crippen LogP contribution is -2.18. The molecule has 0 aromatic carbocycles. The second-order valence-electron chi connectivity index (χ2n) is 5.26. The molecule has 1 N–H and O–H groups in total. The van der Waals surface area contributed by atoms with Crippen LogP contribution in [0.2, 0.25) is 0 Å². The van der Waals surface area contributed by atoms with Crippen LogP contribution in [0.1, 0.15) is 49.6 Å². The Morgan fingerprint density at radius 3 is 2.74 bits per heavy atom. The van der Waals surface area contributed by atoms with Gasteiger partial charge in [0.15, 0.2) is 0 Å². The van der Waals surface area contributed by atoms with Gasteiger partial charge in [-0.15, -0.1) is 0 Å². The fourth-order valence-electron chi connectivity index (χ4n) is 2.19. The molecule has 19 heavy (non-hydrogen) atoms. The summed E-state index contributed by atoms with van der Waals surface area (Å²) in [5.41, 5.74) is 3.65. The number of hydrogen-bond donors (Lipinski definition) is 1. The van der Waals surface area contributed by atoms with Gasteiger partial charge in [0.1, 0.15) is 0 Å². The van der Waals surface area contributed by atoms with E-state index in [9.17, 15) is 0 Å². The second kappa shape index (κ2) is 5.97. The van der Waals surface area contributed by atoms with Crippen molar-refractivity contribution in [2.45, 2.75) is 39.3 Å². The first kappa shape index (κ1) is 13.7. The minimum absolute atomic E-state index is 0.286. The van der Waals surface area contributed by atoms with Gasteiger partial charge in [-0.3, -0.25) is 9.67 Å². The number of pyridine rings is 1. The lowest BCUT2D eigenvalue weighted by Gasteiger charge is -2.14. The minimum Gasteiger partial charge on any atom is -0.306 e. The Morgan fingerprint density at radius 2 is 2.11 bits per heavy atom. The predicted octanol–water partition coefficient (Wildman–Crippen LogP) is 2.79. The van der Waals surface area contributed by atoms with Crippen LogP contribution in [0.4, 0.5) is 0 Å². The molecule has 0 aliphatic rings. The molecule has 0 aliphatic heterocycles. The Labute approximate surface area is 114 Å².